The molecule has 7 nitrogen and oxygen atoms in total. The second kappa shape index (κ2) is 6.54. The third kappa shape index (κ3) is 3.70. The predicted molar refractivity (Wildman–Crippen MR) is 93.4 cm³/mol. The van der Waals surface area contributed by atoms with Crippen molar-refractivity contribution in [2.24, 2.45) is 0 Å². The molecule has 8 heteroatoms. The zero-order valence-electron chi connectivity index (χ0n) is 14.6. The van der Waals surface area contributed by atoms with Crippen LogP contribution in [0.4, 0.5) is 5.82 Å². The molecular formula is C15H27N5O2Si. The molecule has 0 unspecified atom stereocenters. The number of nitrogen functional groups attached to an aromatic ring is 1. The van der Waals surface area contributed by atoms with E-state index in [0.717, 1.165) is 5.82 Å². The Morgan fingerprint density at radius 2 is 2.00 bits per heavy atom. The molecule has 0 spiro atoms. The molecule has 0 amide bonds. The van der Waals surface area contributed by atoms with Crippen LogP contribution in [0.3, 0.4) is 0 Å². The fourth-order valence-electron chi connectivity index (χ4n) is 2.01. The van der Waals surface area contributed by atoms with Gasteiger partial charge in [0.2, 0.25) is 0 Å². The topological polar surface area (TPSA) is 99.1 Å². The maximum absolute atomic E-state index is 9.10. The number of hydrogen-bond donors (Lipinski definition) is 2. The van der Waals surface area contributed by atoms with Gasteiger partial charge in [0.05, 0.1) is 0 Å². The lowest BCUT2D eigenvalue weighted by atomic mass is 10.2. The van der Waals surface area contributed by atoms with Crippen LogP contribution in [0, 0.1) is 0 Å². The highest BCUT2D eigenvalue weighted by Crippen LogP contribution is 2.37. The fraction of sp³-hybridized carbons (Fsp3) is 0.667. The first-order valence-corrected chi connectivity index (χ1v) is 10.8. The van der Waals surface area contributed by atoms with Crippen LogP contribution in [-0.2, 0) is 17.6 Å². The molecule has 2 aromatic heterocycles. The summed E-state index contributed by atoms with van der Waals surface area (Å²) in [7, 11) is -1.89. The Balaban J connectivity index is 2.36. The van der Waals surface area contributed by atoms with Crippen molar-refractivity contribution < 1.29 is 9.53 Å². The van der Waals surface area contributed by atoms with Gasteiger partial charge in [-0.1, -0.05) is 20.8 Å². The monoisotopic (exact) mass is 337 g/mol. The van der Waals surface area contributed by atoms with Gasteiger partial charge in [0.15, 0.2) is 25.3 Å². The van der Waals surface area contributed by atoms with Gasteiger partial charge in [0.1, 0.15) is 18.9 Å². The number of fused-ring (bicyclic) bond motifs is 1. The summed E-state index contributed by atoms with van der Waals surface area (Å²) >= 11 is 0. The maximum Gasteiger partial charge on any atom is 0.194 e. The summed E-state index contributed by atoms with van der Waals surface area (Å²) in [6.45, 7) is 11.6. The number of aromatic nitrogens is 4. The zero-order valence-corrected chi connectivity index (χ0v) is 15.6. The number of nitrogens with two attached hydrogens (primary N) is 1. The third-order valence-electron chi connectivity index (χ3n) is 4.56. The van der Waals surface area contributed by atoms with E-state index in [2.05, 4.69) is 48.8 Å². The van der Waals surface area contributed by atoms with E-state index < -0.39 is 8.32 Å². The lowest BCUT2D eigenvalue weighted by molar-refractivity contribution is 0.211. The normalized spacial score (nSPS) is 13.0. The number of aliphatic hydroxyl groups is 1. The van der Waals surface area contributed by atoms with Crippen LogP contribution in [0.15, 0.2) is 6.33 Å². The van der Waals surface area contributed by atoms with Crippen LogP contribution in [0.5, 0.6) is 0 Å². The number of nitrogens with zero attached hydrogens (tertiary/aromatic N) is 4. The lowest BCUT2D eigenvalue weighted by Gasteiger charge is -2.36. The molecule has 23 heavy (non-hydrogen) atoms. The van der Waals surface area contributed by atoms with E-state index >= 15 is 0 Å². The summed E-state index contributed by atoms with van der Waals surface area (Å²) in [5.74, 6) is 1.19. The van der Waals surface area contributed by atoms with Crippen LogP contribution in [0.2, 0.25) is 18.1 Å². The number of anilines is 1. The number of hydrogen-bond acceptors (Lipinski definition) is 6. The average molecular weight is 338 g/mol. The minimum absolute atomic E-state index is 0.119. The largest absolute Gasteiger partial charge is 0.399 e. The number of imidazole rings is 1. The molecule has 0 aliphatic rings. The highest BCUT2D eigenvalue weighted by molar-refractivity contribution is 6.74. The number of aryl methyl sites for hydroxylation is 1. The Bertz CT molecular complexity index is 678. The molecule has 2 rings (SSSR count). The minimum atomic E-state index is -1.89. The molecule has 0 atom stereocenters. The van der Waals surface area contributed by atoms with E-state index in [1.807, 2.05) is 4.57 Å². The number of rotatable bonds is 6. The van der Waals surface area contributed by atoms with Crippen molar-refractivity contribution in [3.05, 3.63) is 12.2 Å². The van der Waals surface area contributed by atoms with Gasteiger partial charge >= 0.3 is 0 Å². The van der Waals surface area contributed by atoms with Crippen LogP contribution in [0.1, 0.15) is 33.0 Å². The van der Waals surface area contributed by atoms with Gasteiger partial charge in [-0.15, -0.1) is 0 Å². The molecule has 0 saturated heterocycles. The standard InChI is InChI=1S/C15H27N5O2Si/c1-15(2,3)23(4,5)22-10-20-11(7-6-8-21)19-12-13(16)17-9-18-14(12)20/h9,21H,6-8,10H2,1-5H3,(H2,16,17,18). The van der Waals surface area contributed by atoms with Crippen molar-refractivity contribution in [1.82, 2.24) is 19.5 Å². The Labute approximate surface area is 138 Å². The SMILES string of the molecule is CC(C)(C)[Si](C)(C)OCn1c(CCCO)nc2c(N)ncnc21. The van der Waals surface area contributed by atoms with E-state index in [9.17, 15) is 0 Å². The van der Waals surface area contributed by atoms with E-state index in [4.69, 9.17) is 15.3 Å². The zero-order chi connectivity index (χ0) is 17.3. The number of aliphatic hydroxyl groups excluding tert-OH is 1. The average Bonchev–Trinajstić information content (AvgIpc) is 2.81. The Morgan fingerprint density at radius 3 is 2.61 bits per heavy atom. The Morgan fingerprint density at radius 1 is 1.30 bits per heavy atom. The van der Waals surface area contributed by atoms with Crippen LogP contribution < -0.4 is 5.73 Å². The first-order valence-electron chi connectivity index (χ1n) is 7.88. The molecule has 2 aromatic rings. The van der Waals surface area contributed by atoms with E-state index in [1.165, 1.54) is 6.33 Å². The second-order valence-corrected chi connectivity index (χ2v) is 12.1. The van der Waals surface area contributed by atoms with Gasteiger partial charge in [0.25, 0.3) is 0 Å². The van der Waals surface area contributed by atoms with Gasteiger partial charge < -0.3 is 15.3 Å². The van der Waals surface area contributed by atoms with Gasteiger partial charge in [-0.3, -0.25) is 4.57 Å². The molecule has 0 fully saturated rings. The molecule has 0 aliphatic carbocycles. The van der Waals surface area contributed by atoms with E-state index in [-0.39, 0.29) is 11.6 Å². The van der Waals surface area contributed by atoms with Crippen LogP contribution in [0.25, 0.3) is 11.2 Å². The molecule has 0 aliphatic heterocycles. The van der Waals surface area contributed by atoms with E-state index in [1.54, 1.807) is 0 Å². The van der Waals surface area contributed by atoms with Crippen molar-refractivity contribution in [1.29, 1.82) is 0 Å². The summed E-state index contributed by atoms with van der Waals surface area (Å²) in [4.78, 5) is 12.9. The first kappa shape index (κ1) is 17.8. The summed E-state index contributed by atoms with van der Waals surface area (Å²) in [6.07, 6.45) is 2.72. The van der Waals surface area contributed by atoms with Gasteiger partial charge in [0, 0.05) is 13.0 Å². The third-order valence-corrected chi connectivity index (χ3v) is 9.02. The highest BCUT2D eigenvalue weighted by Gasteiger charge is 2.37. The van der Waals surface area contributed by atoms with E-state index in [0.29, 0.717) is 36.6 Å². The van der Waals surface area contributed by atoms with Crippen molar-refractivity contribution >= 4 is 25.3 Å². The molecule has 3 N–H and O–H groups in total. The molecule has 0 radical (unpaired) electrons. The molecular weight excluding hydrogens is 310 g/mol. The molecule has 128 valence electrons. The molecule has 2 heterocycles. The van der Waals surface area contributed by atoms with Crippen molar-refractivity contribution in [3.8, 4) is 0 Å². The maximum atomic E-state index is 9.10. The van der Waals surface area contributed by atoms with Crippen molar-refractivity contribution in [2.45, 2.75) is 58.5 Å². The van der Waals surface area contributed by atoms with Gasteiger partial charge in [-0.2, -0.15) is 0 Å². The van der Waals surface area contributed by atoms with Crippen LogP contribution in [-0.4, -0.2) is 39.5 Å². The smallest absolute Gasteiger partial charge is 0.194 e. The summed E-state index contributed by atoms with van der Waals surface area (Å²) in [6, 6.07) is 0. The summed E-state index contributed by atoms with van der Waals surface area (Å²) < 4.78 is 8.25. The highest BCUT2D eigenvalue weighted by atomic mass is 28.4. The van der Waals surface area contributed by atoms with Gasteiger partial charge in [-0.05, 0) is 24.6 Å². The predicted octanol–water partition coefficient (Wildman–Crippen LogP) is 2.31. The first-order chi connectivity index (χ1) is 10.7. The lowest BCUT2D eigenvalue weighted by Crippen LogP contribution is -2.41. The van der Waals surface area contributed by atoms with Crippen LogP contribution >= 0.6 is 0 Å². The molecule has 0 bridgehead atoms. The molecule has 0 saturated carbocycles. The Kier molecular flexibility index (Phi) is 5.07. The minimum Gasteiger partial charge on any atom is -0.399 e. The fourth-order valence-corrected chi connectivity index (χ4v) is 2.89. The summed E-state index contributed by atoms with van der Waals surface area (Å²) in [5, 5.41) is 9.23. The van der Waals surface area contributed by atoms with Crippen molar-refractivity contribution in [3.63, 3.8) is 0 Å². The summed E-state index contributed by atoms with van der Waals surface area (Å²) in [5.41, 5.74) is 7.19. The molecule has 0 aromatic carbocycles. The second-order valence-electron chi connectivity index (χ2n) is 7.25. The van der Waals surface area contributed by atoms with Crippen molar-refractivity contribution in [2.75, 3.05) is 12.3 Å². The Hall–Kier alpha value is -1.51. The van der Waals surface area contributed by atoms with Gasteiger partial charge in [-0.25, -0.2) is 15.0 Å². The quantitative estimate of drug-likeness (QED) is 0.785.